The zero-order valence-corrected chi connectivity index (χ0v) is 10.6. The molecule has 0 saturated heterocycles. The van der Waals surface area contributed by atoms with Crippen molar-refractivity contribution in [2.24, 2.45) is 0 Å². The first kappa shape index (κ1) is 13.0. The molecule has 1 atom stereocenters. The van der Waals surface area contributed by atoms with Crippen LogP contribution < -0.4 is 5.30 Å². The minimum atomic E-state index is -2.39. The average molecular weight is 239 g/mol. The summed E-state index contributed by atoms with van der Waals surface area (Å²) < 4.78 is 11.2. The Balaban J connectivity index is 3.34. The molecule has 0 aliphatic carbocycles. The van der Waals surface area contributed by atoms with Crippen LogP contribution in [-0.2, 0) is 15.8 Å². The van der Waals surface area contributed by atoms with Crippen LogP contribution in [0.15, 0.2) is 18.2 Å². The normalized spacial score (nSPS) is 11.7. The lowest BCUT2D eigenvalue weighted by Gasteiger charge is -2.10. The van der Waals surface area contributed by atoms with Crippen LogP contribution in [0.25, 0.3) is 0 Å². The van der Waals surface area contributed by atoms with E-state index in [4.69, 9.17) is 0 Å². The van der Waals surface area contributed by atoms with Crippen LogP contribution in [0.5, 0.6) is 0 Å². The fraction of sp³-hybridized carbons (Fsp3) is 0.417. The van der Waals surface area contributed by atoms with E-state index in [0.717, 1.165) is 5.56 Å². The molecule has 0 bridgehead atoms. The quantitative estimate of drug-likeness (QED) is 0.820. The first-order valence-electron chi connectivity index (χ1n) is 5.20. The molecule has 1 unspecified atom stereocenters. The number of ketones is 1. The smallest absolute Gasteiger partial charge is 0.300 e. The highest BCUT2D eigenvalue weighted by Gasteiger charge is 2.25. The second kappa shape index (κ2) is 5.33. The summed E-state index contributed by atoms with van der Waals surface area (Å²) in [5.74, 6) is 0.246. The molecule has 0 spiro atoms. The molecule has 16 heavy (non-hydrogen) atoms. The monoisotopic (exact) mass is 239 g/mol. The predicted octanol–water partition coefficient (Wildman–Crippen LogP) is 2.30. The minimum absolute atomic E-state index is 0.00574. The molecule has 0 heterocycles. The van der Waals surface area contributed by atoms with Gasteiger partial charge in [-0.2, -0.15) is 4.89 Å². The van der Waals surface area contributed by atoms with E-state index >= 15 is 0 Å². The highest BCUT2D eigenvalue weighted by molar-refractivity contribution is 7.47. The van der Waals surface area contributed by atoms with Crippen LogP contribution in [0.3, 0.4) is 0 Å². The Bertz CT molecular complexity index is 424. The lowest BCUT2D eigenvalue weighted by molar-refractivity contribution is -0.116. The van der Waals surface area contributed by atoms with Crippen LogP contribution in [0.2, 0.25) is 0 Å². The Morgan fingerprint density at radius 2 is 2.06 bits per heavy atom. The zero-order valence-electron chi connectivity index (χ0n) is 9.73. The molecule has 1 aromatic rings. The first-order chi connectivity index (χ1) is 7.43. The molecule has 86 valence electrons. The maximum absolute atomic E-state index is 11.2. The molecule has 0 saturated carbocycles. The Morgan fingerprint density at radius 1 is 1.44 bits per heavy atom. The van der Waals surface area contributed by atoms with Gasteiger partial charge in [0.25, 0.3) is 0 Å². The van der Waals surface area contributed by atoms with Crippen molar-refractivity contribution in [3.05, 3.63) is 29.3 Å². The van der Waals surface area contributed by atoms with E-state index in [9.17, 15) is 14.3 Å². The number of rotatable bonds is 4. The molecule has 3 nitrogen and oxygen atoms in total. The van der Waals surface area contributed by atoms with Crippen LogP contribution >= 0.6 is 8.03 Å². The number of hydrogen-bond donors (Lipinski definition) is 1. The van der Waals surface area contributed by atoms with Crippen molar-refractivity contribution < 1.29 is 14.3 Å². The van der Waals surface area contributed by atoms with Crippen molar-refractivity contribution in [2.75, 3.05) is 0 Å². The summed E-state index contributed by atoms with van der Waals surface area (Å²) in [6.07, 6.45) is 0.228. The average Bonchev–Trinajstić information content (AvgIpc) is 2.16. The van der Waals surface area contributed by atoms with Crippen LogP contribution in [-0.4, -0.2) is 10.7 Å². The fourth-order valence-electron chi connectivity index (χ4n) is 1.75. The Kier molecular flexibility index (Phi) is 4.34. The van der Waals surface area contributed by atoms with Gasteiger partial charge in [-0.25, -0.2) is 0 Å². The third-order valence-corrected chi connectivity index (χ3v) is 3.27. The number of benzene rings is 1. The van der Waals surface area contributed by atoms with Gasteiger partial charge in [0.2, 0.25) is 5.30 Å². The second-order valence-corrected chi connectivity index (χ2v) is 5.18. The van der Waals surface area contributed by atoms with Crippen LogP contribution in [0.1, 0.15) is 37.8 Å². The molecule has 0 aliphatic heterocycles. The number of carbonyl (C=O) groups excluding carboxylic acids is 1. The predicted molar refractivity (Wildman–Crippen MR) is 64.4 cm³/mol. The molecule has 4 heteroatoms. The maximum Gasteiger partial charge on any atom is 0.546 e. The second-order valence-electron chi connectivity index (χ2n) is 4.15. The van der Waals surface area contributed by atoms with E-state index in [0.29, 0.717) is 10.9 Å². The highest BCUT2D eigenvalue weighted by Crippen LogP contribution is 2.24. The van der Waals surface area contributed by atoms with Crippen LogP contribution in [0.4, 0.5) is 0 Å². The summed E-state index contributed by atoms with van der Waals surface area (Å²) in [5.41, 5.74) is 1.69. The van der Waals surface area contributed by atoms with Gasteiger partial charge in [0.15, 0.2) is 0 Å². The van der Waals surface area contributed by atoms with E-state index in [1.807, 2.05) is 19.9 Å². The Hall–Kier alpha value is -1.05. The van der Waals surface area contributed by atoms with Gasteiger partial charge in [-0.3, -0.25) is 4.79 Å². The van der Waals surface area contributed by atoms with E-state index in [1.54, 1.807) is 12.1 Å². The first-order valence-corrected chi connectivity index (χ1v) is 6.42. The Morgan fingerprint density at radius 3 is 2.50 bits per heavy atom. The largest absolute Gasteiger partial charge is 0.546 e. The van der Waals surface area contributed by atoms with Gasteiger partial charge in [0.1, 0.15) is 5.78 Å². The third kappa shape index (κ3) is 2.97. The molecule has 0 radical (unpaired) electrons. The van der Waals surface area contributed by atoms with E-state index in [1.165, 1.54) is 6.92 Å². The van der Waals surface area contributed by atoms with Gasteiger partial charge >= 0.3 is 8.03 Å². The van der Waals surface area contributed by atoms with Crippen molar-refractivity contribution in [3.63, 3.8) is 0 Å². The topological polar surface area (TPSA) is 54.4 Å². The summed E-state index contributed by atoms with van der Waals surface area (Å²) in [4.78, 5) is 20.4. The van der Waals surface area contributed by atoms with Gasteiger partial charge < -0.3 is 0 Å². The number of Topliss-reactive ketones (excluding diaryl/α,β-unsaturated/α-hetero) is 1. The molecular weight excluding hydrogens is 223 g/mol. The summed E-state index contributed by atoms with van der Waals surface area (Å²) in [6.45, 7) is 5.51. The van der Waals surface area contributed by atoms with Crippen molar-refractivity contribution in [3.8, 4) is 0 Å². The Labute approximate surface area is 96.4 Å². The van der Waals surface area contributed by atoms with E-state index < -0.39 is 8.03 Å². The fourth-order valence-corrected chi connectivity index (χ4v) is 2.41. The molecule has 1 aromatic carbocycles. The summed E-state index contributed by atoms with van der Waals surface area (Å²) in [5, 5.41) is 0.386. The van der Waals surface area contributed by atoms with Gasteiger partial charge in [0, 0.05) is 12.0 Å². The molecule has 0 amide bonds. The van der Waals surface area contributed by atoms with Crippen molar-refractivity contribution in [1.29, 1.82) is 0 Å². The summed E-state index contributed by atoms with van der Waals surface area (Å²) in [6, 6.07) is 5.28. The number of hydrogen-bond acceptors (Lipinski definition) is 2. The standard InChI is InChI=1S/C12H15O3P/c1-8(2)10-5-4-6-12(16(14)15)11(10)7-9(3)13/h4-6,8H,7H2,1-3H3/p+1. The van der Waals surface area contributed by atoms with Gasteiger partial charge in [-0.05, 0) is 29.0 Å². The molecular formula is C12H16O3P+. The summed E-state index contributed by atoms with van der Waals surface area (Å²) in [7, 11) is -2.39. The molecule has 0 fully saturated rings. The lowest BCUT2D eigenvalue weighted by atomic mass is 9.94. The molecule has 1 N–H and O–H groups in total. The SMILES string of the molecule is CC(=O)Cc1c(C(C)C)cccc1[P+](=O)O. The molecule has 0 aromatic heterocycles. The zero-order chi connectivity index (χ0) is 12.3. The number of carbonyl (C=O) groups is 1. The van der Waals surface area contributed by atoms with Crippen LogP contribution in [0, 0.1) is 0 Å². The lowest BCUT2D eigenvalue weighted by Crippen LogP contribution is -2.13. The van der Waals surface area contributed by atoms with Gasteiger partial charge in [0.05, 0.1) is 0 Å². The van der Waals surface area contributed by atoms with E-state index in [-0.39, 0.29) is 18.1 Å². The molecule has 0 aliphatic rings. The van der Waals surface area contributed by atoms with Gasteiger partial charge in [-0.15, -0.1) is 0 Å². The van der Waals surface area contributed by atoms with Gasteiger partial charge in [-0.1, -0.05) is 26.0 Å². The van der Waals surface area contributed by atoms with Crippen molar-refractivity contribution in [1.82, 2.24) is 0 Å². The van der Waals surface area contributed by atoms with Crippen molar-refractivity contribution in [2.45, 2.75) is 33.1 Å². The summed E-state index contributed by atoms with van der Waals surface area (Å²) >= 11 is 0. The van der Waals surface area contributed by atoms with E-state index in [2.05, 4.69) is 0 Å². The third-order valence-electron chi connectivity index (χ3n) is 2.44. The minimum Gasteiger partial charge on any atom is -0.300 e. The highest BCUT2D eigenvalue weighted by atomic mass is 31.1. The van der Waals surface area contributed by atoms with Crippen molar-refractivity contribution >= 4 is 19.1 Å². The maximum atomic E-state index is 11.2. The molecule has 1 rings (SSSR count).